The van der Waals surface area contributed by atoms with E-state index >= 15 is 0 Å². The summed E-state index contributed by atoms with van der Waals surface area (Å²) >= 11 is 0. The second-order valence-electron chi connectivity index (χ2n) is 12.0. The molecule has 2 aliphatic heterocycles. The number of rotatable bonds is 4. The van der Waals surface area contributed by atoms with Gasteiger partial charge in [-0.3, -0.25) is 4.79 Å². The summed E-state index contributed by atoms with van der Waals surface area (Å²) in [4.78, 5) is 13.9. The number of ether oxygens (including phenoxy) is 2. The molecule has 162 valence electrons. The SMILES string of the molecule is C=C[C@H]1O[C@H]2C(C)=C[C@@]3(CO[Si](C)(C)C(C)(C)C)CO[C@@]4(C)C(=O)[C@]1(C)[C@]2(C)[C@@H]34. The molecule has 3 fully saturated rings. The standard InChI is InChI=1S/C24H38O4Si/c1-11-16-21(6)19(25)23(8)18-22(21,7)17(28-16)15(2)12-24(18,13-26-23)14-27-29(9,10)20(3,4)5/h11-12,16-18H,1,13-14H2,2-10H3/t16-,17+,18-,21-,22+,23-,24+/m1/s1. The van der Waals surface area contributed by atoms with E-state index < -0.39 is 19.3 Å². The van der Waals surface area contributed by atoms with Gasteiger partial charge in [-0.1, -0.05) is 39.8 Å². The van der Waals surface area contributed by atoms with Gasteiger partial charge in [0.15, 0.2) is 14.1 Å². The van der Waals surface area contributed by atoms with Gasteiger partial charge in [0.25, 0.3) is 0 Å². The largest absolute Gasteiger partial charge is 0.416 e. The van der Waals surface area contributed by atoms with Crippen molar-refractivity contribution in [1.29, 1.82) is 0 Å². The van der Waals surface area contributed by atoms with Crippen molar-refractivity contribution < 1.29 is 18.7 Å². The molecule has 7 atom stereocenters. The highest BCUT2D eigenvalue weighted by atomic mass is 28.4. The van der Waals surface area contributed by atoms with Crippen molar-refractivity contribution in [2.24, 2.45) is 22.2 Å². The lowest BCUT2D eigenvalue weighted by atomic mass is 9.51. The molecule has 1 saturated carbocycles. The smallest absolute Gasteiger partial charge is 0.192 e. The summed E-state index contributed by atoms with van der Waals surface area (Å²) in [6.45, 7) is 25.0. The molecule has 2 saturated heterocycles. The van der Waals surface area contributed by atoms with Crippen molar-refractivity contribution in [2.75, 3.05) is 13.2 Å². The number of carbonyl (C=O) groups excluding carboxylic acids is 1. The molecule has 0 spiro atoms. The minimum atomic E-state index is -1.94. The van der Waals surface area contributed by atoms with Crippen molar-refractivity contribution in [1.82, 2.24) is 0 Å². The summed E-state index contributed by atoms with van der Waals surface area (Å²) in [6.07, 6.45) is 3.75. The van der Waals surface area contributed by atoms with E-state index in [1.165, 1.54) is 5.57 Å². The fraction of sp³-hybridized carbons (Fsp3) is 0.792. The van der Waals surface area contributed by atoms with Crippen LogP contribution in [0.3, 0.4) is 0 Å². The average Bonchev–Trinajstić information content (AvgIpc) is 3.08. The van der Waals surface area contributed by atoms with Gasteiger partial charge in [0.1, 0.15) is 5.60 Å². The lowest BCUT2D eigenvalue weighted by Gasteiger charge is -2.51. The van der Waals surface area contributed by atoms with Crippen molar-refractivity contribution >= 4 is 14.1 Å². The van der Waals surface area contributed by atoms with Crippen molar-refractivity contribution in [2.45, 2.75) is 84.4 Å². The van der Waals surface area contributed by atoms with Crippen LogP contribution in [-0.2, 0) is 18.7 Å². The molecule has 0 aromatic carbocycles. The van der Waals surface area contributed by atoms with Crippen LogP contribution in [0.2, 0.25) is 18.1 Å². The lowest BCUT2D eigenvalue weighted by molar-refractivity contribution is -0.145. The number of Topliss-reactive ketones (excluding diaryl/α,β-unsaturated/α-hetero) is 1. The monoisotopic (exact) mass is 418 g/mol. The Balaban J connectivity index is 1.84. The summed E-state index contributed by atoms with van der Waals surface area (Å²) in [5.41, 5.74) is -0.894. The summed E-state index contributed by atoms with van der Waals surface area (Å²) in [5, 5.41) is 0.136. The van der Waals surface area contributed by atoms with Crippen molar-refractivity contribution in [3.8, 4) is 0 Å². The van der Waals surface area contributed by atoms with E-state index in [-0.39, 0.29) is 39.8 Å². The molecule has 0 aromatic heterocycles. The number of carbonyl (C=O) groups is 1. The zero-order valence-electron chi connectivity index (χ0n) is 19.6. The third-order valence-corrected chi connectivity index (χ3v) is 13.9. The van der Waals surface area contributed by atoms with E-state index in [0.717, 1.165) is 0 Å². The highest BCUT2D eigenvalue weighted by molar-refractivity contribution is 6.74. The molecular formula is C24H38O4Si. The summed E-state index contributed by atoms with van der Waals surface area (Å²) in [6, 6.07) is 0. The molecule has 0 bridgehead atoms. The quantitative estimate of drug-likeness (QED) is 0.481. The zero-order chi connectivity index (χ0) is 21.8. The molecule has 2 aliphatic carbocycles. The van der Waals surface area contributed by atoms with Crippen LogP contribution in [0.4, 0.5) is 0 Å². The van der Waals surface area contributed by atoms with Crippen molar-refractivity contribution in [3.63, 3.8) is 0 Å². The summed E-state index contributed by atoms with van der Waals surface area (Å²) in [5.74, 6) is 0.200. The maximum absolute atomic E-state index is 13.9. The van der Waals surface area contributed by atoms with E-state index in [4.69, 9.17) is 13.9 Å². The Kier molecular flexibility index (Phi) is 4.24. The molecule has 4 aliphatic rings. The van der Waals surface area contributed by atoms with Crippen LogP contribution in [0.25, 0.3) is 0 Å². The van der Waals surface area contributed by atoms with E-state index in [9.17, 15) is 4.79 Å². The summed E-state index contributed by atoms with van der Waals surface area (Å²) in [7, 11) is -1.94. The van der Waals surface area contributed by atoms with Crippen molar-refractivity contribution in [3.05, 3.63) is 24.3 Å². The van der Waals surface area contributed by atoms with Crippen LogP contribution in [0, 0.1) is 22.2 Å². The molecule has 2 heterocycles. The first-order valence-electron chi connectivity index (χ1n) is 10.9. The molecule has 4 nitrogen and oxygen atoms in total. The van der Waals surface area contributed by atoms with Gasteiger partial charge in [-0.15, -0.1) is 6.58 Å². The van der Waals surface area contributed by atoms with Gasteiger partial charge in [-0.2, -0.15) is 0 Å². The van der Waals surface area contributed by atoms with Crippen LogP contribution in [0.15, 0.2) is 24.3 Å². The molecule has 0 aromatic rings. The number of ketones is 1. The maximum atomic E-state index is 13.9. The second-order valence-corrected chi connectivity index (χ2v) is 16.8. The molecule has 5 heteroatoms. The maximum Gasteiger partial charge on any atom is 0.192 e. The van der Waals surface area contributed by atoms with Gasteiger partial charge >= 0.3 is 0 Å². The Morgan fingerprint density at radius 3 is 2.48 bits per heavy atom. The van der Waals surface area contributed by atoms with Crippen LogP contribution < -0.4 is 0 Å². The number of hydrogen-bond acceptors (Lipinski definition) is 4. The molecule has 29 heavy (non-hydrogen) atoms. The molecule has 0 radical (unpaired) electrons. The van der Waals surface area contributed by atoms with Crippen LogP contribution in [-0.4, -0.2) is 45.1 Å². The van der Waals surface area contributed by atoms with Gasteiger partial charge in [0.05, 0.1) is 24.2 Å². The minimum Gasteiger partial charge on any atom is -0.416 e. The van der Waals surface area contributed by atoms with Gasteiger partial charge in [0.2, 0.25) is 0 Å². The molecular weight excluding hydrogens is 380 g/mol. The van der Waals surface area contributed by atoms with E-state index in [1.807, 2.05) is 13.0 Å². The molecule has 4 rings (SSSR count). The van der Waals surface area contributed by atoms with Crippen LogP contribution >= 0.6 is 0 Å². The fourth-order valence-corrected chi connectivity index (χ4v) is 8.00. The third kappa shape index (κ3) is 2.23. The predicted molar refractivity (Wildman–Crippen MR) is 117 cm³/mol. The van der Waals surface area contributed by atoms with Gasteiger partial charge < -0.3 is 13.9 Å². The highest BCUT2D eigenvalue weighted by Gasteiger charge is 2.84. The van der Waals surface area contributed by atoms with Gasteiger partial charge in [0, 0.05) is 23.4 Å². The first-order chi connectivity index (χ1) is 13.1. The average molecular weight is 419 g/mol. The van der Waals surface area contributed by atoms with Gasteiger partial charge in [-0.05, 0) is 44.5 Å². The minimum absolute atomic E-state index is 0.0309. The Labute approximate surface area is 177 Å². The zero-order valence-corrected chi connectivity index (χ0v) is 20.6. The molecule has 0 amide bonds. The third-order valence-electron chi connectivity index (χ3n) is 9.45. The van der Waals surface area contributed by atoms with E-state index in [1.54, 1.807) is 0 Å². The molecule has 0 N–H and O–H groups in total. The Hall–Kier alpha value is -0.753. The lowest BCUT2D eigenvalue weighted by Crippen LogP contribution is -2.55. The predicted octanol–water partition coefficient (Wildman–Crippen LogP) is 4.91. The fourth-order valence-electron chi connectivity index (χ4n) is 6.93. The highest BCUT2D eigenvalue weighted by Crippen LogP contribution is 2.75. The van der Waals surface area contributed by atoms with E-state index in [2.05, 4.69) is 67.3 Å². The second kappa shape index (κ2) is 5.73. The molecule has 0 unspecified atom stereocenters. The normalized spacial score (nSPS) is 48.7. The van der Waals surface area contributed by atoms with E-state index in [0.29, 0.717) is 13.2 Å². The van der Waals surface area contributed by atoms with Crippen LogP contribution in [0.5, 0.6) is 0 Å². The first kappa shape index (κ1) is 21.5. The summed E-state index contributed by atoms with van der Waals surface area (Å²) < 4.78 is 19.6. The Morgan fingerprint density at radius 1 is 1.31 bits per heavy atom. The first-order valence-corrected chi connectivity index (χ1v) is 13.8. The topological polar surface area (TPSA) is 44.8 Å². The Morgan fingerprint density at radius 2 is 1.93 bits per heavy atom. The van der Waals surface area contributed by atoms with Crippen LogP contribution in [0.1, 0.15) is 48.5 Å². The van der Waals surface area contributed by atoms with Gasteiger partial charge in [-0.25, -0.2) is 0 Å². The Bertz CT molecular complexity index is 810. The number of hydrogen-bond donors (Lipinski definition) is 0.